The van der Waals surface area contributed by atoms with Crippen molar-refractivity contribution in [1.82, 2.24) is 0 Å². The van der Waals surface area contributed by atoms with E-state index >= 15 is 0 Å². The fourth-order valence-electron chi connectivity index (χ4n) is 6.23. The number of hydrogen-bond donors (Lipinski definition) is 0. The van der Waals surface area contributed by atoms with Gasteiger partial charge in [0, 0.05) is 0 Å². The zero-order valence-electron chi connectivity index (χ0n) is 16.6. The maximum absolute atomic E-state index is 2.49. The number of benzene rings is 4. The summed E-state index contributed by atoms with van der Waals surface area (Å²) in [6.45, 7) is 2.67. The van der Waals surface area contributed by atoms with Gasteiger partial charge in [-0.3, -0.25) is 0 Å². The van der Waals surface area contributed by atoms with Crippen LogP contribution in [0, 0.1) is 6.92 Å². The molecular formula is C28H21B. The first-order valence-electron chi connectivity index (χ1n) is 10.7. The van der Waals surface area contributed by atoms with Gasteiger partial charge in [0.05, 0.1) is 0 Å². The first-order valence-corrected chi connectivity index (χ1v) is 10.7. The van der Waals surface area contributed by atoms with Gasteiger partial charge < -0.3 is 0 Å². The average Bonchev–Trinajstić information content (AvgIpc) is 2.74. The van der Waals surface area contributed by atoms with Crippen molar-refractivity contribution in [2.45, 2.75) is 26.2 Å². The van der Waals surface area contributed by atoms with Crippen molar-refractivity contribution in [2.75, 3.05) is 0 Å². The minimum absolute atomic E-state index is 0.444. The molecule has 136 valence electrons. The van der Waals surface area contributed by atoms with E-state index in [1.807, 2.05) is 0 Å². The summed E-state index contributed by atoms with van der Waals surface area (Å²) in [5.41, 5.74) is 18.2. The van der Waals surface area contributed by atoms with Crippen molar-refractivity contribution in [3.05, 3.63) is 112 Å². The Bertz CT molecular complexity index is 1270. The van der Waals surface area contributed by atoms with Crippen LogP contribution in [0.4, 0.5) is 0 Å². The van der Waals surface area contributed by atoms with E-state index in [1.54, 1.807) is 27.5 Å². The molecular weight excluding hydrogens is 347 g/mol. The number of rotatable bonds is 1. The van der Waals surface area contributed by atoms with Gasteiger partial charge in [0.2, 0.25) is 6.71 Å². The Morgan fingerprint density at radius 3 is 1.59 bits per heavy atom. The Kier molecular flexibility index (Phi) is 3.01. The summed E-state index contributed by atoms with van der Waals surface area (Å²) in [4.78, 5) is 0. The SMILES string of the molecule is Cc1ccccc1-c1cc2c3c(c1)Cc1cccc4c1B3c1c(cccc1C2)C4. The smallest absolute Gasteiger partial charge is 0.0620 e. The second kappa shape index (κ2) is 5.51. The second-order valence-corrected chi connectivity index (χ2v) is 8.97. The lowest BCUT2D eigenvalue weighted by molar-refractivity contribution is 1.10. The van der Waals surface area contributed by atoms with Gasteiger partial charge in [-0.25, -0.2) is 0 Å². The molecule has 29 heavy (non-hydrogen) atoms. The van der Waals surface area contributed by atoms with Gasteiger partial charge in [-0.05, 0) is 76.3 Å². The molecule has 4 aromatic carbocycles. The summed E-state index contributed by atoms with van der Waals surface area (Å²) in [5, 5.41) is 0. The van der Waals surface area contributed by atoms with E-state index < -0.39 is 0 Å². The highest BCUT2D eigenvalue weighted by Gasteiger charge is 2.41. The maximum atomic E-state index is 2.49. The molecule has 1 heteroatoms. The lowest BCUT2D eigenvalue weighted by Gasteiger charge is -2.39. The van der Waals surface area contributed by atoms with Gasteiger partial charge >= 0.3 is 0 Å². The van der Waals surface area contributed by atoms with Crippen molar-refractivity contribution >= 4 is 23.1 Å². The second-order valence-electron chi connectivity index (χ2n) is 8.97. The molecule has 0 spiro atoms. The van der Waals surface area contributed by atoms with Crippen molar-refractivity contribution in [3.8, 4) is 11.1 Å². The summed E-state index contributed by atoms with van der Waals surface area (Å²) in [5.74, 6) is 0. The molecule has 3 aliphatic heterocycles. The predicted octanol–water partition coefficient (Wildman–Crippen LogP) is 3.89. The van der Waals surface area contributed by atoms with Crippen molar-refractivity contribution in [1.29, 1.82) is 0 Å². The van der Waals surface area contributed by atoms with E-state index in [4.69, 9.17) is 0 Å². The highest BCUT2D eigenvalue weighted by molar-refractivity contribution is 6.98. The molecule has 0 unspecified atom stereocenters. The summed E-state index contributed by atoms with van der Waals surface area (Å²) >= 11 is 0. The highest BCUT2D eigenvalue weighted by atomic mass is 14.3. The van der Waals surface area contributed by atoms with Crippen LogP contribution in [0.2, 0.25) is 0 Å². The lowest BCUT2D eigenvalue weighted by Crippen LogP contribution is -2.64. The van der Waals surface area contributed by atoms with Crippen LogP contribution in [0.3, 0.4) is 0 Å². The fourth-order valence-corrected chi connectivity index (χ4v) is 6.23. The molecule has 0 nitrogen and oxygen atoms in total. The minimum Gasteiger partial charge on any atom is -0.0620 e. The number of hydrogen-bond acceptors (Lipinski definition) is 0. The van der Waals surface area contributed by atoms with Gasteiger partial charge in [-0.15, -0.1) is 0 Å². The molecule has 3 aliphatic rings. The molecule has 0 radical (unpaired) electrons. The quantitative estimate of drug-likeness (QED) is 0.386. The van der Waals surface area contributed by atoms with E-state index in [1.165, 1.54) is 38.9 Å². The molecule has 0 saturated carbocycles. The first-order chi connectivity index (χ1) is 14.3. The Morgan fingerprint density at radius 1 is 0.552 bits per heavy atom. The zero-order valence-corrected chi connectivity index (χ0v) is 16.6. The fraction of sp³-hybridized carbons (Fsp3) is 0.143. The monoisotopic (exact) mass is 368 g/mol. The predicted molar refractivity (Wildman–Crippen MR) is 123 cm³/mol. The molecule has 0 fully saturated rings. The van der Waals surface area contributed by atoms with Gasteiger partial charge in [0.1, 0.15) is 0 Å². The lowest BCUT2D eigenvalue weighted by atomic mass is 9.28. The van der Waals surface area contributed by atoms with E-state index in [0.717, 1.165) is 19.3 Å². The molecule has 3 heterocycles. The van der Waals surface area contributed by atoms with Crippen LogP contribution in [-0.4, -0.2) is 6.71 Å². The van der Waals surface area contributed by atoms with Crippen LogP contribution in [0.25, 0.3) is 11.1 Å². The van der Waals surface area contributed by atoms with Crippen LogP contribution >= 0.6 is 0 Å². The van der Waals surface area contributed by atoms with Gasteiger partial charge in [0.15, 0.2) is 0 Å². The van der Waals surface area contributed by atoms with Crippen molar-refractivity contribution in [2.24, 2.45) is 0 Å². The highest BCUT2D eigenvalue weighted by Crippen LogP contribution is 2.32. The molecule has 0 N–H and O–H groups in total. The largest absolute Gasteiger partial charge is 0.243 e. The minimum atomic E-state index is 0.444. The Balaban J connectivity index is 1.55. The molecule has 0 aromatic heterocycles. The molecule has 4 aromatic rings. The van der Waals surface area contributed by atoms with Crippen LogP contribution < -0.4 is 16.4 Å². The summed E-state index contributed by atoms with van der Waals surface area (Å²) in [6, 6.07) is 27.7. The third kappa shape index (κ3) is 2.05. The number of aryl methyl sites for hydroxylation is 1. The van der Waals surface area contributed by atoms with E-state index in [9.17, 15) is 0 Å². The topological polar surface area (TPSA) is 0 Å². The van der Waals surface area contributed by atoms with Crippen LogP contribution in [0.5, 0.6) is 0 Å². The Hall–Kier alpha value is -3.06. The maximum Gasteiger partial charge on any atom is 0.243 e. The molecule has 0 bridgehead atoms. The molecule has 0 aliphatic carbocycles. The normalized spacial score (nSPS) is 14.6. The van der Waals surface area contributed by atoms with E-state index in [-0.39, 0.29) is 0 Å². The zero-order chi connectivity index (χ0) is 19.1. The summed E-state index contributed by atoms with van der Waals surface area (Å²) in [6.07, 6.45) is 3.23. The first kappa shape index (κ1) is 15.8. The molecule has 0 saturated heterocycles. The van der Waals surface area contributed by atoms with Crippen molar-refractivity contribution in [3.63, 3.8) is 0 Å². The van der Waals surface area contributed by atoms with Crippen molar-refractivity contribution < 1.29 is 0 Å². The standard InChI is InChI=1S/C28H21B/c1-17-6-2-3-11-25(17)22-15-23-13-20-9-4-7-18-12-19-8-5-10-21-14-24(16-22)28(23)29(26(18)20)27(19)21/h2-11,15-16H,12-14H2,1H3. The Labute approximate surface area is 172 Å². The van der Waals surface area contributed by atoms with Crippen LogP contribution in [-0.2, 0) is 19.3 Å². The molecule has 0 atom stereocenters. The average molecular weight is 368 g/mol. The molecule has 7 rings (SSSR count). The van der Waals surface area contributed by atoms with E-state index in [2.05, 4.69) is 79.7 Å². The van der Waals surface area contributed by atoms with Gasteiger partial charge in [-0.2, -0.15) is 0 Å². The summed E-state index contributed by atoms with van der Waals surface area (Å²) < 4.78 is 0. The third-order valence-corrected chi connectivity index (χ3v) is 7.39. The van der Waals surface area contributed by atoms with E-state index in [0.29, 0.717) is 6.71 Å². The third-order valence-electron chi connectivity index (χ3n) is 7.39. The molecule has 0 amide bonds. The van der Waals surface area contributed by atoms with Gasteiger partial charge in [-0.1, -0.05) is 89.2 Å². The van der Waals surface area contributed by atoms with Crippen LogP contribution in [0.1, 0.15) is 38.9 Å². The Morgan fingerprint density at radius 2 is 1.03 bits per heavy atom. The van der Waals surface area contributed by atoms with Gasteiger partial charge in [0.25, 0.3) is 0 Å². The summed E-state index contributed by atoms with van der Waals surface area (Å²) in [7, 11) is 0. The van der Waals surface area contributed by atoms with Crippen LogP contribution in [0.15, 0.2) is 72.8 Å².